The molecule has 0 saturated carbocycles. The molecule has 1 N–H and O–H groups in total. The maximum absolute atomic E-state index is 12.7. The SMILES string of the molecule is O=C1CCCCCc2ncc(cn2)-c2ccnc(c2)Nc2cccc(c2)CN2CC3CCC2CN3C1. The van der Waals surface area contributed by atoms with Gasteiger partial charge in [0.15, 0.2) is 0 Å². The molecule has 1 aromatic carbocycles. The number of piperidine rings is 2. The molecule has 2 aromatic heterocycles. The van der Waals surface area contributed by atoms with Crippen LogP contribution in [0.4, 0.5) is 11.5 Å². The summed E-state index contributed by atoms with van der Waals surface area (Å²) < 4.78 is 0. The molecule has 4 unspecified atom stereocenters. The Balaban J connectivity index is 1.25. The third-order valence-corrected chi connectivity index (χ3v) is 7.88. The Kier molecular flexibility index (Phi) is 6.75. The molecule has 36 heavy (non-hydrogen) atoms. The molecule has 7 nitrogen and oxygen atoms in total. The standard InChI is InChI=1S/C29H34N6O/c36-27-7-2-1-3-8-28-31-15-23(16-32-28)22-11-12-30-29(14-22)33-24-6-4-5-21(13-24)17-34-18-26-10-9-25(34)19-35(26)20-27/h4-6,11-16,25-26H,1-3,7-10,17-20H2,(H,30,33). The molecular formula is C29H34N6O. The Morgan fingerprint density at radius 2 is 1.58 bits per heavy atom. The van der Waals surface area contributed by atoms with Crippen LogP contribution >= 0.6 is 0 Å². The van der Waals surface area contributed by atoms with E-state index in [1.54, 1.807) is 0 Å². The fraction of sp³-hybridized carbons (Fsp3) is 0.448. The number of hydrogen-bond donors (Lipinski definition) is 1. The number of pyridine rings is 1. The Hall–Kier alpha value is -3.16. The van der Waals surface area contributed by atoms with Gasteiger partial charge in [0, 0.05) is 74.4 Å². The lowest BCUT2D eigenvalue weighted by Crippen LogP contribution is -2.62. The molecule has 9 heterocycles. The molecule has 3 saturated heterocycles. The molecule has 3 fully saturated rings. The Labute approximate surface area is 213 Å². The van der Waals surface area contributed by atoms with Gasteiger partial charge < -0.3 is 5.32 Å². The second-order valence-corrected chi connectivity index (χ2v) is 10.5. The number of ketones is 1. The number of hydrogen-bond acceptors (Lipinski definition) is 7. The number of benzene rings is 1. The first-order valence-electron chi connectivity index (χ1n) is 13.3. The minimum atomic E-state index is 0.391. The molecule has 7 aliphatic heterocycles. The largest absolute Gasteiger partial charge is 0.340 e. The molecule has 7 aliphatic rings. The predicted octanol–water partition coefficient (Wildman–Crippen LogP) is 4.62. The van der Waals surface area contributed by atoms with Crippen molar-refractivity contribution in [2.75, 3.05) is 25.0 Å². The number of nitrogens with zero attached hydrogens (tertiary/aromatic N) is 5. The summed E-state index contributed by atoms with van der Waals surface area (Å²) in [5.41, 5.74) is 4.36. The topological polar surface area (TPSA) is 74.2 Å². The third-order valence-electron chi connectivity index (χ3n) is 7.88. The van der Waals surface area contributed by atoms with E-state index < -0.39 is 0 Å². The van der Waals surface area contributed by atoms with E-state index in [2.05, 4.69) is 60.4 Å². The summed E-state index contributed by atoms with van der Waals surface area (Å²) in [6, 6.07) is 13.7. The minimum absolute atomic E-state index is 0.391. The zero-order valence-electron chi connectivity index (χ0n) is 20.8. The summed E-state index contributed by atoms with van der Waals surface area (Å²) in [5, 5.41) is 3.48. The van der Waals surface area contributed by atoms with Gasteiger partial charge in [0.05, 0.1) is 6.54 Å². The van der Waals surface area contributed by atoms with Crippen LogP contribution in [-0.4, -0.2) is 62.3 Å². The number of nitrogens with one attached hydrogen (secondary N) is 1. The molecule has 186 valence electrons. The molecule has 10 rings (SSSR count). The molecule has 0 radical (unpaired) electrons. The fourth-order valence-corrected chi connectivity index (χ4v) is 5.92. The summed E-state index contributed by atoms with van der Waals surface area (Å²) >= 11 is 0. The molecule has 4 atom stereocenters. The van der Waals surface area contributed by atoms with Crippen LogP contribution in [0.15, 0.2) is 55.0 Å². The van der Waals surface area contributed by atoms with Crippen molar-refractivity contribution in [1.29, 1.82) is 0 Å². The van der Waals surface area contributed by atoms with Crippen molar-refractivity contribution in [2.24, 2.45) is 0 Å². The van der Waals surface area contributed by atoms with Crippen molar-refractivity contribution in [3.8, 4) is 11.1 Å². The zero-order chi connectivity index (χ0) is 24.3. The Morgan fingerprint density at radius 1 is 0.806 bits per heavy atom. The highest BCUT2D eigenvalue weighted by molar-refractivity contribution is 5.80. The average molecular weight is 483 g/mol. The molecule has 10 bridgehead atoms. The van der Waals surface area contributed by atoms with Gasteiger partial charge in [-0.3, -0.25) is 14.6 Å². The smallest absolute Gasteiger partial charge is 0.146 e. The van der Waals surface area contributed by atoms with Crippen molar-refractivity contribution < 1.29 is 4.79 Å². The van der Waals surface area contributed by atoms with Crippen LogP contribution < -0.4 is 5.32 Å². The monoisotopic (exact) mass is 482 g/mol. The van der Waals surface area contributed by atoms with Gasteiger partial charge in [0.25, 0.3) is 0 Å². The highest BCUT2D eigenvalue weighted by atomic mass is 16.1. The number of aromatic nitrogens is 3. The summed E-state index contributed by atoms with van der Waals surface area (Å²) in [6.07, 6.45) is 12.6. The number of piperazine rings is 1. The van der Waals surface area contributed by atoms with Gasteiger partial charge in [-0.05, 0) is 61.1 Å². The van der Waals surface area contributed by atoms with Crippen LogP contribution in [-0.2, 0) is 17.8 Å². The Bertz CT molecular complexity index is 1210. The van der Waals surface area contributed by atoms with Crippen molar-refractivity contribution in [3.05, 3.63) is 66.4 Å². The van der Waals surface area contributed by atoms with Crippen molar-refractivity contribution >= 4 is 17.3 Å². The van der Waals surface area contributed by atoms with Crippen LogP contribution in [0.1, 0.15) is 49.9 Å². The molecule has 3 aromatic rings. The lowest BCUT2D eigenvalue weighted by Gasteiger charge is -2.51. The molecule has 0 aliphatic carbocycles. The number of anilines is 2. The first-order chi connectivity index (χ1) is 17.7. The van der Waals surface area contributed by atoms with Crippen LogP contribution in [0.5, 0.6) is 0 Å². The maximum Gasteiger partial charge on any atom is 0.146 e. The van der Waals surface area contributed by atoms with Gasteiger partial charge in [-0.25, -0.2) is 15.0 Å². The first-order valence-corrected chi connectivity index (χ1v) is 13.3. The highest BCUT2D eigenvalue weighted by Crippen LogP contribution is 2.31. The number of rotatable bonds is 0. The molecule has 0 spiro atoms. The first kappa shape index (κ1) is 23.3. The second kappa shape index (κ2) is 10.4. The fourth-order valence-electron chi connectivity index (χ4n) is 5.92. The van der Waals surface area contributed by atoms with E-state index in [9.17, 15) is 4.79 Å². The van der Waals surface area contributed by atoms with Gasteiger partial charge in [0.2, 0.25) is 0 Å². The van der Waals surface area contributed by atoms with Gasteiger partial charge in [0.1, 0.15) is 17.4 Å². The van der Waals surface area contributed by atoms with Gasteiger partial charge in [-0.2, -0.15) is 0 Å². The second-order valence-electron chi connectivity index (χ2n) is 10.5. The van der Waals surface area contributed by atoms with Gasteiger partial charge in [-0.15, -0.1) is 0 Å². The number of fused-ring (bicyclic) bond motifs is 1. The van der Waals surface area contributed by atoms with Crippen molar-refractivity contribution in [3.63, 3.8) is 0 Å². The average Bonchev–Trinajstić information content (AvgIpc) is 2.90. The summed E-state index contributed by atoms with van der Waals surface area (Å²) in [4.78, 5) is 31.5. The van der Waals surface area contributed by atoms with Crippen LogP contribution in [0.25, 0.3) is 11.1 Å². The lowest BCUT2D eigenvalue weighted by atomic mass is 9.90. The maximum atomic E-state index is 12.7. The van der Waals surface area contributed by atoms with Gasteiger partial charge >= 0.3 is 0 Å². The van der Waals surface area contributed by atoms with Crippen molar-refractivity contribution in [2.45, 2.75) is 63.6 Å². The number of Topliss-reactive ketones (excluding diaryl/α,β-unsaturated/α-hetero) is 1. The quantitative estimate of drug-likeness (QED) is 0.501. The van der Waals surface area contributed by atoms with E-state index >= 15 is 0 Å². The van der Waals surface area contributed by atoms with E-state index in [1.807, 2.05) is 24.7 Å². The highest BCUT2D eigenvalue weighted by Gasteiger charge is 2.39. The van der Waals surface area contributed by atoms with E-state index in [-0.39, 0.29) is 0 Å². The van der Waals surface area contributed by atoms with E-state index in [4.69, 9.17) is 0 Å². The molecule has 0 amide bonds. The van der Waals surface area contributed by atoms with E-state index in [0.717, 1.165) is 73.8 Å². The van der Waals surface area contributed by atoms with Crippen LogP contribution in [0.3, 0.4) is 0 Å². The number of carbonyl (C=O) groups excluding carboxylic acids is 1. The Morgan fingerprint density at radius 3 is 2.39 bits per heavy atom. The van der Waals surface area contributed by atoms with Crippen LogP contribution in [0, 0.1) is 0 Å². The van der Waals surface area contributed by atoms with E-state index in [1.165, 1.54) is 18.4 Å². The molecule has 7 heteroatoms. The zero-order valence-corrected chi connectivity index (χ0v) is 20.8. The number of aryl methyl sites for hydroxylation is 1. The minimum Gasteiger partial charge on any atom is -0.340 e. The number of carbonyl (C=O) groups is 1. The summed E-state index contributed by atoms with van der Waals surface area (Å²) in [5.74, 6) is 2.06. The summed E-state index contributed by atoms with van der Waals surface area (Å²) in [6.45, 7) is 3.62. The van der Waals surface area contributed by atoms with Gasteiger partial charge in [-0.1, -0.05) is 18.6 Å². The summed E-state index contributed by atoms with van der Waals surface area (Å²) in [7, 11) is 0. The van der Waals surface area contributed by atoms with Crippen molar-refractivity contribution in [1.82, 2.24) is 24.8 Å². The van der Waals surface area contributed by atoms with E-state index in [0.29, 0.717) is 30.8 Å². The predicted molar refractivity (Wildman–Crippen MR) is 141 cm³/mol. The van der Waals surface area contributed by atoms with Crippen LogP contribution in [0.2, 0.25) is 0 Å². The third kappa shape index (κ3) is 5.32. The lowest BCUT2D eigenvalue weighted by molar-refractivity contribution is -0.123. The molecular weight excluding hydrogens is 448 g/mol. The normalized spacial score (nSPS) is 26.5.